The molecular weight excluding hydrogens is 653 g/mol. The first kappa shape index (κ1) is 33.9. The van der Waals surface area contributed by atoms with Gasteiger partial charge in [-0.25, -0.2) is 0 Å². The van der Waals surface area contributed by atoms with Crippen molar-refractivity contribution in [3.63, 3.8) is 0 Å². The highest BCUT2D eigenvalue weighted by Gasteiger charge is 2.51. The van der Waals surface area contributed by atoms with Gasteiger partial charge in [-0.2, -0.15) is 14.0 Å². The van der Waals surface area contributed by atoms with Crippen LogP contribution in [0, 0.1) is 29.1 Å². The van der Waals surface area contributed by atoms with Crippen LogP contribution in [0.5, 0.6) is 0 Å². The van der Waals surface area contributed by atoms with E-state index in [2.05, 4.69) is 11.4 Å². The number of fused-ring (bicyclic) bond motifs is 2. The van der Waals surface area contributed by atoms with Gasteiger partial charge in [0.15, 0.2) is 0 Å². The van der Waals surface area contributed by atoms with Gasteiger partial charge >= 0.3 is 13.3 Å². The summed E-state index contributed by atoms with van der Waals surface area (Å²) in [5.74, 6) is -0.736. The van der Waals surface area contributed by atoms with Crippen LogP contribution in [0.2, 0.25) is 0 Å². The smallest absolute Gasteiger partial charge is 0.381 e. The molecule has 3 N–H and O–H groups in total. The van der Waals surface area contributed by atoms with Crippen molar-refractivity contribution in [3.8, 4) is 6.07 Å². The van der Waals surface area contributed by atoms with E-state index in [1.165, 1.54) is 12.1 Å². The number of ether oxygens (including phenoxy) is 1. The molecule has 1 aromatic heterocycles. The average Bonchev–Trinajstić information content (AvgIpc) is 3.77. The molecule has 4 aliphatic heterocycles. The first-order valence-corrected chi connectivity index (χ1v) is 18.7. The number of benzene rings is 1. The molecule has 0 bridgehead atoms. The van der Waals surface area contributed by atoms with Crippen LogP contribution in [0.15, 0.2) is 24.3 Å². The van der Waals surface area contributed by atoms with Crippen molar-refractivity contribution in [1.29, 1.82) is 5.26 Å². The lowest BCUT2D eigenvalue weighted by Gasteiger charge is -2.36. The van der Waals surface area contributed by atoms with E-state index in [-0.39, 0.29) is 40.0 Å². The summed E-state index contributed by atoms with van der Waals surface area (Å²) >= 11 is 1.02. The molecule has 3 amide bonds. The predicted octanol–water partition coefficient (Wildman–Crippen LogP) is 4.58. The van der Waals surface area contributed by atoms with Crippen LogP contribution in [0.1, 0.15) is 73.0 Å². The number of thiophene rings is 1. The molecule has 0 spiro atoms. The largest absolute Gasteiger partial charge is 0.399 e. The number of carbonyl (C=O) groups is 3. The number of nitriles is 1. The number of amides is 3. The van der Waals surface area contributed by atoms with Crippen LogP contribution < -0.4 is 5.32 Å². The number of nitrogens with zero attached hydrogens (tertiary/aromatic N) is 3. The lowest BCUT2D eigenvalue weighted by Crippen LogP contribution is -2.56. The maximum Gasteiger partial charge on any atom is 0.399 e. The van der Waals surface area contributed by atoms with Crippen molar-refractivity contribution < 1.29 is 42.3 Å². The van der Waals surface area contributed by atoms with Crippen LogP contribution >= 0.6 is 18.9 Å². The van der Waals surface area contributed by atoms with E-state index in [4.69, 9.17) is 14.5 Å². The van der Waals surface area contributed by atoms with E-state index >= 15 is 0 Å². The Bertz CT molecular complexity index is 1620. The summed E-state index contributed by atoms with van der Waals surface area (Å²) in [6.07, 6.45) is 6.67. The SMILES string of the molecule is N#C[C@H]1CN(C(=O)[C@@H]2CC[C@@H]3CCCC[C@H](NC(=O)c4cc5cc(C(F)(F)P(=O)(O)O)ccc5s4)C(=O)N32)CC1CC1CCOCC1. The van der Waals surface area contributed by atoms with Crippen molar-refractivity contribution in [3.05, 3.63) is 34.7 Å². The van der Waals surface area contributed by atoms with Gasteiger partial charge in [-0.15, -0.1) is 11.3 Å². The molecule has 1 aromatic carbocycles. The lowest BCUT2D eigenvalue weighted by atomic mass is 9.84. The van der Waals surface area contributed by atoms with Crippen LogP contribution in [0.4, 0.5) is 8.78 Å². The number of hydrogen-bond acceptors (Lipinski definition) is 7. The molecule has 5 heterocycles. The van der Waals surface area contributed by atoms with E-state index in [0.717, 1.165) is 68.8 Å². The van der Waals surface area contributed by atoms with Crippen LogP contribution in [0.3, 0.4) is 0 Å². The molecule has 254 valence electrons. The molecular formula is C32H39F2N4O7PS. The van der Waals surface area contributed by atoms with Gasteiger partial charge in [0.1, 0.15) is 12.1 Å². The number of hydrogen-bond donors (Lipinski definition) is 3. The Morgan fingerprint density at radius 3 is 2.55 bits per heavy atom. The Labute approximate surface area is 275 Å². The third kappa shape index (κ3) is 6.83. The molecule has 0 aliphatic carbocycles. The van der Waals surface area contributed by atoms with Gasteiger partial charge in [-0.3, -0.25) is 18.9 Å². The average molecular weight is 693 g/mol. The Hall–Kier alpha value is -2.95. The quantitative estimate of drug-likeness (QED) is 0.356. The van der Waals surface area contributed by atoms with E-state index < -0.39 is 36.8 Å². The Morgan fingerprint density at radius 2 is 1.83 bits per heavy atom. The molecule has 1 unspecified atom stereocenters. The fourth-order valence-electron chi connectivity index (χ4n) is 7.71. The Kier molecular flexibility index (Phi) is 9.76. The molecule has 11 nitrogen and oxygen atoms in total. The molecule has 4 aliphatic rings. The van der Waals surface area contributed by atoms with Gasteiger partial charge < -0.3 is 29.6 Å². The number of likely N-dealkylation sites (tertiary alicyclic amines) is 1. The molecule has 4 fully saturated rings. The maximum atomic E-state index is 14.3. The first-order chi connectivity index (χ1) is 22.4. The van der Waals surface area contributed by atoms with Crippen LogP contribution in [-0.2, 0) is 24.6 Å². The van der Waals surface area contributed by atoms with Gasteiger partial charge in [0.05, 0.1) is 16.9 Å². The summed E-state index contributed by atoms with van der Waals surface area (Å²) in [7, 11) is -5.76. The van der Waals surface area contributed by atoms with Gasteiger partial charge in [-0.05, 0) is 80.4 Å². The second-order valence-corrected chi connectivity index (χ2v) is 16.0. The molecule has 4 saturated heterocycles. The molecule has 5 atom stereocenters. The number of halogens is 2. The summed E-state index contributed by atoms with van der Waals surface area (Å²) in [6.45, 7) is 2.28. The predicted molar refractivity (Wildman–Crippen MR) is 168 cm³/mol. The van der Waals surface area contributed by atoms with Gasteiger partial charge in [0, 0.05) is 42.6 Å². The number of alkyl halides is 2. The monoisotopic (exact) mass is 692 g/mol. The highest BCUT2D eigenvalue weighted by atomic mass is 32.1. The second kappa shape index (κ2) is 13.5. The highest BCUT2D eigenvalue weighted by Crippen LogP contribution is 2.59. The minimum absolute atomic E-state index is 0.0831. The van der Waals surface area contributed by atoms with E-state index in [0.29, 0.717) is 49.4 Å². The Morgan fingerprint density at radius 1 is 1.09 bits per heavy atom. The van der Waals surface area contributed by atoms with Gasteiger partial charge in [0.2, 0.25) is 11.8 Å². The third-order valence-corrected chi connectivity index (χ3v) is 12.4. The van der Waals surface area contributed by atoms with Crippen molar-refractivity contribution >= 4 is 46.7 Å². The molecule has 15 heteroatoms. The minimum atomic E-state index is -5.76. The zero-order valence-electron chi connectivity index (χ0n) is 25.9. The van der Waals surface area contributed by atoms with Crippen LogP contribution in [-0.4, -0.2) is 81.7 Å². The number of carbonyl (C=O) groups excluding carboxylic acids is 3. The summed E-state index contributed by atoms with van der Waals surface area (Å²) in [6, 6.07) is 5.27. The number of rotatable bonds is 7. The minimum Gasteiger partial charge on any atom is -0.381 e. The maximum absolute atomic E-state index is 14.3. The van der Waals surface area contributed by atoms with Crippen molar-refractivity contribution in [2.24, 2.45) is 17.8 Å². The molecule has 6 rings (SSSR count). The van der Waals surface area contributed by atoms with Crippen LogP contribution in [0.25, 0.3) is 10.1 Å². The van der Waals surface area contributed by atoms with E-state index in [1.54, 1.807) is 9.80 Å². The second-order valence-electron chi connectivity index (χ2n) is 13.3. The standard InChI is InChI=1S/C32H39F2N4O7PS/c33-32(34,46(42,43)44)23-5-8-27-20(14-23)15-28(47-27)29(39)36-25-4-2-1-3-24-6-7-26(38(24)30(25)40)31(41)37-17-21(22(16-35)18-37)13-19-9-11-45-12-10-19/h5,8,14-15,19,21-22,24-26H,1-4,6-7,9-13,17-18H2,(H,36,39)(H2,42,43,44)/t21?,22-,24-,25-,26-/m0/s1. The van der Waals surface area contributed by atoms with E-state index in [1.807, 2.05) is 0 Å². The third-order valence-electron chi connectivity index (χ3n) is 10.3. The zero-order chi connectivity index (χ0) is 33.5. The topological polar surface area (TPSA) is 160 Å². The number of nitrogens with one attached hydrogen (secondary N) is 1. The van der Waals surface area contributed by atoms with Gasteiger partial charge in [0.25, 0.3) is 5.91 Å². The van der Waals surface area contributed by atoms with Crippen molar-refractivity contribution in [1.82, 2.24) is 15.1 Å². The summed E-state index contributed by atoms with van der Waals surface area (Å²) < 4.78 is 45.9. The first-order valence-electron chi connectivity index (χ1n) is 16.2. The summed E-state index contributed by atoms with van der Waals surface area (Å²) in [5.41, 5.74) is -5.24. The lowest BCUT2D eigenvalue weighted by molar-refractivity contribution is -0.146. The van der Waals surface area contributed by atoms with Gasteiger partial charge in [-0.1, -0.05) is 18.9 Å². The van der Waals surface area contributed by atoms with E-state index in [9.17, 15) is 33.0 Å². The molecule has 0 saturated carbocycles. The van der Waals surface area contributed by atoms with Crippen molar-refractivity contribution in [2.45, 2.75) is 81.6 Å². The molecule has 2 aromatic rings. The zero-order valence-corrected chi connectivity index (χ0v) is 27.6. The fourth-order valence-corrected chi connectivity index (χ4v) is 9.13. The summed E-state index contributed by atoms with van der Waals surface area (Å²) in [4.78, 5) is 63.2. The van der Waals surface area contributed by atoms with Crippen molar-refractivity contribution in [2.75, 3.05) is 26.3 Å². The molecule has 47 heavy (non-hydrogen) atoms. The molecule has 0 radical (unpaired) electrons. The Balaban J connectivity index is 1.16. The fraction of sp³-hybridized carbons (Fsp3) is 0.625. The summed E-state index contributed by atoms with van der Waals surface area (Å²) in [5, 5.41) is 12.9. The highest BCUT2D eigenvalue weighted by molar-refractivity contribution is 7.52. The normalized spacial score (nSPS) is 27.7.